The number of benzene rings is 2. The summed E-state index contributed by atoms with van der Waals surface area (Å²) in [5, 5.41) is 2.82. The van der Waals surface area contributed by atoms with Crippen LogP contribution >= 0.6 is 0 Å². The van der Waals surface area contributed by atoms with Gasteiger partial charge in [-0.05, 0) is 41.8 Å². The van der Waals surface area contributed by atoms with Crippen LogP contribution in [0, 0.1) is 6.42 Å². The van der Waals surface area contributed by atoms with Gasteiger partial charge >= 0.3 is 0 Å². The topological polar surface area (TPSA) is 94.3 Å². The second kappa shape index (κ2) is 10.8. The summed E-state index contributed by atoms with van der Waals surface area (Å²) in [6.45, 7) is 0.879. The Morgan fingerprint density at radius 3 is 2.57 bits per heavy atom. The number of rotatable bonds is 10. The molecular formula is C24H24N3O3. The highest BCUT2D eigenvalue weighted by Gasteiger charge is 2.12. The SMILES string of the molecule is NC(=O)c1cc(OCc2ccccc2)ccc1C[CH]C(=O)NCCc1ccccn1. The molecule has 3 N–H and O–H groups in total. The lowest BCUT2D eigenvalue weighted by atomic mass is 10.0. The number of hydrogen-bond acceptors (Lipinski definition) is 4. The Morgan fingerprint density at radius 1 is 1.03 bits per heavy atom. The molecule has 0 aliphatic heterocycles. The maximum atomic E-state index is 12.1. The van der Waals surface area contributed by atoms with E-state index in [0.717, 1.165) is 11.3 Å². The number of carbonyl (C=O) groups is 2. The molecule has 6 heteroatoms. The Kier molecular flexibility index (Phi) is 7.55. The van der Waals surface area contributed by atoms with E-state index in [1.165, 1.54) is 6.42 Å². The molecule has 3 aromatic rings. The molecule has 2 amide bonds. The van der Waals surface area contributed by atoms with Gasteiger partial charge in [0, 0.05) is 30.4 Å². The molecule has 2 aromatic carbocycles. The zero-order valence-electron chi connectivity index (χ0n) is 16.6. The highest BCUT2D eigenvalue weighted by atomic mass is 16.5. The summed E-state index contributed by atoms with van der Waals surface area (Å²) in [4.78, 5) is 28.2. The fourth-order valence-corrected chi connectivity index (χ4v) is 2.93. The maximum absolute atomic E-state index is 12.1. The summed E-state index contributed by atoms with van der Waals surface area (Å²) in [7, 11) is 0. The first kappa shape index (κ1) is 21.0. The van der Waals surface area contributed by atoms with E-state index in [9.17, 15) is 9.59 Å². The molecule has 0 aliphatic carbocycles. The fraction of sp³-hybridized carbons (Fsp3) is 0.167. The normalized spacial score (nSPS) is 10.4. The smallest absolute Gasteiger partial charge is 0.249 e. The average molecular weight is 402 g/mol. The van der Waals surface area contributed by atoms with Crippen molar-refractivity contribution in [2.45, 2.75) is 19.4 Å². The predicted molar refractivity (Wildman–Crippen MR) is 115 cm³/mol. The number of amides is 2. The Hall–Kier alpha value is -3.67. The first-order valence-corrected chi connectivity index (χ1v) is 9.72. The van der Waals surface area contributed by atoms with Gasteiger partial charge in [0.15, 0.2) is 0 Å². The molecule has 0 saturated carbocycles. The van der Waals surface area contributed by atoms with Crippen LogP contribution in [-0.2, 0) is 24.2 Å². The number of aromatic nitrogens is 1. The molecular weight excluding hydrogens is 378 g/mol. The van der Waals surface area contributed by atoms with Crippen LogP contribution in [-0.4, -0.2) is 23.3 Å². The third-order valence-electron chi connectivity index (χ3n) is 4.51. The van der Waals surface area contributed by atoms with Crippen LogP contribution in [0.3, 0.4) is 0 Å². The van der Waals surface area contributed by atoms with E-state index in [-0.39, 0.29) is 5.91 Å². The van der Waals surface area contributed by atoms with Crippen molar-refractivity contribution in [1.29, 1.82) is 0 Å². The minimum Gasteiger partial charge on any atom is -0.489 e. The Labute approximate surface area is 176 Å². The van der Waals surface area contributed by atoms with Gasteiger partial charge in [0.1, 0.15) is 12.4 Å². The molecule has 1 heterocycles. The number of nitrogens with one attached hydrogen (secondary N) is 1. The summed E-state index contributed by atoms with van der Waals surface area (Å²) in [6, 6.07) is 20.6. The molecule has 6 nitrogen and oxygen atoms in total. The van der Waals surface area contributed by atoms with Crippen molar-refractivity contribution in [1.82, 2.24) is 10.3 Å². The van der Waals surface area contributed by atoms with Gasteiger partial charge < -0.3 is 15.8 Å². The lowest BCUT2D eigenvalue weighted by Gasteiger charge is -2.11. The van der Waals surface area contributed by atoms with Gasteiger partial charge in [-0.2, -0.15) is 0 Å². The number of carbonyl (C=O) groups excluding carboxylic acids is 2. The zero-order chi connectivity index (χ0) is 21.2. The third kappa shape index (κ3) is 6.44. The minimum atomic E-state index is -0.556. The molecule has 0 spiro atoms. The van der Waals surface area contributed by atoms with Crippen molar-refractivity contribution < 1.29 is 14.3 Å². The summed E-state index contributed by atoms with van der Waals surface area (Å²) >= 11 is 0. The van der Waals surface area contributed by atoms with E-state index in [1.54, 1.807) is 24.4 Å². The second-order valence-corrected chi connectivity index (χ2v) is 6.73. The van der Waals surface area contributed by atoms with Gasteiger partial charge in [-0.15, -0.1) is 0 Å². The van der Waals surface area contributed by atoms with Crippen LogP contribution in [0.15, 0.2) is 72.9 Å². The number of nitrogens with two attached hydrogens (primary N) is 1. The van der Waals surface area contributed by atoms with Crippen LogP contribution in [0.25, 0.3) is 0 Å². The number of primary amides is 1. The molecule has 153 valence electrons. The highest BCUT2D eigenvalue weighted by Crippen LogP contribution is 2.20. The van der Waals surface area contributed by atoms with Gasteiger partial charge in [-0.25, -0.2) is 0 Å². The van der Waals surface area contributed by atoms with Crippen LogP contribution in [0.1, 0.15) is 27.2 Å². The summed E-state index contributed by atoms with van der Waals surface area (Å²) in [5.74, 6) is -0.207. The van der Waals surface area contributed by atoms with Crippen molar-refractivity contribution in [3.05, 3.63) is 102 Å². The van der Waals surface area contributed by atoms with E-state index < -0.39 is 5.91 Å². The van der Waals surface area contributed by atoms with Crippen molar-refractivity contribution in [2.75, 3.05) is 6.54 Å². The van der Waals surface area contributed by atoms with E-state index in [4.69, 9.17) is 10.5 Å². The first-order chi connectivity index (χ1) is 14.6. The number of pyridine rings is 1. The van der Waals surface area contributed by atoms with Gasteiger partial charge in [0.25, 0.3) is 0 Å². The number of nitrogens with zero attached hydrogens (tertiary/aromatic N) is 1. The van der Waals surface area contributed by atoms with Crippen LogP contribution < -0.4 is 15.8 Å². The first-order valence-electron chi connectivity index (χ1n) is 9.72. The lowest BCUT2D eigenvalue weighted by Crippen LogP contribution is -2.27. The van der Waals surface area contributed by atoms with Crippen LogP contribution in [0.2, 0.25) is 0 Å². The summed E-state index contributed by atoms with van der Waals surface area (Å²) < 4.78 is 5.76. The van der Waals surface area contributed by atoms with E-state index in [0.29, 0.717) is 42.9 Å². The standard InChI is InChI=1S/C24H24N3O3/c25-24(29)22-16-21(30-17-18-6-2-1-3-7-18)11-9-19(22)10-12-23(28)27-15-13-20-8-4-5-14-26-20/h1-9,11-12,14,16H,10,13,15,17H2,(H2,25,29)(H,27,28). The Morgan fingerprint density at radius 2 is 1.83 bits per heavy atom. The molecule has 0 fully saturated rings. The zero-order valence-corrected chi connectivity index (χ0v) is 16.6. The minimum absolute atomic E-state index is 0.203. The molecule has 1 radical (unpaired) electrons. The molecule has 0 unspecified atom stereocenters. The maximum Gasteiger partial charge on any atom is 0.249 e. The van der Waals surface area contributed by atoms with Crippen molar-refractivity contribution in [2.24, 2.45) is 5.73 Å². The molecule has 30 heavy (non-hydrogen) atoms. The predicted octanol–water partition coefficient (Wildman–Crippen LogP) is 2.87. The Balaban J connectivity index is 1.51. The van der Waals surface area contributed by atoms with Crippen molar-refractivity contribution in [3.8, 4) is 5.75 Å². The number of hydrogen-bond donors (Lipinski definition) is 2. The van der Waals surface area contributed by atoms with Gasteiger partial charge in [-0.3, -0.25) is 14.6 Å². The molecule has 0 saturated heterocycles. The highest BCUT2D eigenvalue weighted by molar-refractivity contribution is 5.95. The van der Waals surface area contributed by atoms with Crippen molar-refractivity contribution >= 4 is 11.8 Å². The molecule has 0 atom stereocenters. The van der Waals surface area contributed by atoms with Crippen molar-refractivity contribution in [3.63, 3.8) is 0 Å². The second-order valence-electron chi connectivity index (χ2n) is 6.73. The molecule has 3 rings (SSSR count). The molecule has 0 aliphatic rings. The van der Waals surface area contributed by atoms with Crippen LogP contribution in [0.4, 0.5) is 0 Å². The van der Waals surface area contributed by atoms with Gasteiger partial charge in [0.2, 0.25) is 11.8 Å². The molecule has 1 aromatic heterocycles. The van der Waals surface area contributed by atoms with Crippen LogP contribution in [0.5, 0.6) is 5.75 Å². The quantitative estimate of drug-likeness (QED) is 0.545. The van der Waals surface area contributed by atoms with E-state index in [1.807, 2.05) is 48.5 Å². The van der Waals surface area contributed by atoms with Gasteiger partial charge in [0.05, 0.1) is 6.42 Å². The summed E-state index contributed by atoms with van der Waals surface area (Å²) in [6.07, 6.45) is 4.18. The largest absolute Gasteiger partial charge is 0.489 e. The molecule has 0 bridgehead atoms. The number of ether oxygens (including phenoxy) is 1. The average Bonchev–Trinajstić information content (AvgIpc) is 2.78. The fourth-order valence-electron chi connectivity index (χ4n) is 2.93. The van der Waals surface area contributed by atoms with E-state index in [2.05, 4.69) is 10.3 Å². The lowest BCUT2D eigenvalue weighted by molar-refractivity contribution is -0.117. The Bertz CT molecular complexity index is 976. The van der Waals surface area contributed by atoms with Gasteiger partial charge in [-0.1, -0.05) is 42.5 Å². The third-order valence-corrected chi connectivity index (χ3v) is 4.51. The monoisotopic (exact) mass is 402 g/mol. The summed E-state index contributed by atoms with van der Waals surface area (Å²) in [5.41, 5.74) is 8.49. The van der Waals surface area contributed by atoms with E-state index >= 15 is 0 Å².